The molecular formula is C16H29N3O2. The van der Waals surface area contributed by atoms with Gasteiger partial charge in [0.2, 0.25) is 0 Å². The van der Waals surface area contributed by atoms with E-state index in [2.05, 4.69) is 19.2 Å². The Bertz CT molecular complexity index is 519. The summed E-state index contributed by atoms with van der Waals surface area (Å²) in [6.07, 6.45) is 7.31. The van der Waals surface area contributed by atoms with Crippen LogP contribution in [0, 0.1) is 0 Å². The van der Waals surface area contributed by atoms with E-state index >= 15 is 0 Å². The van der Waals surface area contributed by atoms with Crippen molar-refractivity contribution in [1.29, 1.82) is 0 Å². The monoisotopic (exact) mass is 295 g/mol. The molecule has 0 aliphatic heterocycles. The molecule has 0 radical (unpaired) electrons. The van der Waals surface area contributed by atoms with E-state index in [-0.39, 0.29) is 11.2 Å². The molecule has 0 aliphatic carbocycles. The molecule has 0 saturated carbocycles. The quantitative estimate of drug-likeness (QED) is 0.672. The van der Waals surface area contributed by atoms with Gasteiger partial charge in [-0.05, 0) is 19.8 Å². The minimum atomic E-state index is -0.215. The topological polar surface area (TPSA) is 56.0 Å². The van der Waals surface area contributed by atoms with E-state index in [0.29, 0.717) is 25.7 Å². The van der Waals surface area contributed by atoms with Crippen LogP contribution in [0.15, 0.2) is 21.9 Å². The fraction of sp³-hybridized carbons (Fsp3) is 0.750. The van der Waals surface area contributed by atoms with Gasteiger partial charge in [-0.3, -0.25) is 9.36 Å². The Labute approximate surface area is 127 Å². The van der Waals surface area contributed by atoms with E-state index in [0.717, 1.165) is 12.8 Å². The van der Waals surface area contributed by atoms with Crippen LogP contribution in [0.1, 0.15) is 52.9 Å². The summed E-state index contributed by atoms with van der Waals surface area (Å²) in [6.45, 7) is 8.10. The van der Waals surface area contributed by atoms with Crippen LogP contribution in [0.25, 0.3) is 0 Å². The summed E-state index contributed by atoms with van der Waals surface area (Å²) in [5, 5.41) is 3.39. The van der Waals surface area contributed by atoms with Crippen molar-refractivity contribution in [2.75, 3.05) is 6.54 Å². The van der Waals surface area contributed by atoms with Gasteiger partial charge in [-0.15, -0.1) is 0 Å². The van der Waals surface area contributed by atoms with Gasteiger partial charge in [0.05, 0.1) is 0 Å². The molecule has 0 fully saturated rings. The molecule has 1 N–H and O–H groups in total. The van der Waals surface area contributed by atoms with Crippen LogP contribution >= 0.6 is 0 Å². The zero-order chi connectivity index (χ0) is 15.7. The molecule has 0 saturated heterocycles. The normalized spacial score (nSPS) is 12.5. The molecule has 120 valence electrons. The zero-order valence-corrected chi connectivity index (χ0v) is 13.6. The van der Waals surface area contributed by atoms with Gasteiger partial charge >= 0.3 is 5.69 Å². The molecule has 21 heavy (non-hydrogen) atoms. The minimum absolute atomic E-state index is 0.204. The van der Waals surface area contributed by atoms with Gasteiger partial charge in [-0.1, -0.05) is 33.1 Å². The van der Waals surface area contributed by atoms with Gasteiger partial charge in [0, 0.05) is 37.9 Å². The van der Waals surface area contributed by atoms with Crippen molar-refractivity contribution in [1.82, 2.24) is 14.5 Å². The minimum Gasteiger partial charge on any atom is -0.312 e. The highest BCUT2D eigenvalue weighted by atomic mass is 16.2. The molecule has 0 bridgehead atoms. The molecule has 1 rings (SSSR count). The molecule has 0 aromatic carbocycles. The summed E-state index contributed by atoms with van der Waals surface area (Å²) >= 11 is 0. The molecular weight excluding hydrogens is 266 g/mol. The lowest BCUT2D eigenvalue weighted by Crippen LogP contribution is -2.42. The molecule has 1 atom stereocenters. The average molecular weight is 295 g/mol. The molecule has 0 spiro atoms. The largest absolute Gasteiger partial charge is 0.331 e. The first-order valence-corrected chi connectivity index (χ1v) is 8.13. The first-order chi connectivity index (χ1) is 10.1. The highest BCUT2D eigenvalue weighted by molar-refractivity contribution is 4.86. The Balaban J connectivity index is 2.53. The van der Waals surface area contributed by atoms with Crippen molar-refractivity contribution >= 4 is 0 Å². The SMILES string of the molecule is CCCCCC(C)NCCn1c(=O)ccn(CCC)c1=O. The number of hydrogen-bond donors (Lipinski definition) is 1. The second kappa shape index (κ2) is 9.55. The van der Waals surface area contributed by atoms with E-state index in [4.69, 9.17) is 0 Å². The van der Waals surface area contributed by atoms with Gasteiger partial charge in [-0.25, -0.2) is 4.79 Å². The van der Waals surface area contributed by atoms with E-state index in [9.17, 15) is 9.59 Å². The number of nitrogens with zero attached hydrogens (tertiary/aromatic N) is 2. The van der Waals surface area contributed by atoms with E-state index < -0.39 is 0 Å². The maximum atomic E-state index is 12.2. The third-order valence-corrected chi connectivity index (χ3v) is 3.67. The number of nitrogens with one attached hydrogen (secondary N) is 1. The molecule has 0 amide bonds. The fourth-order valence-electron chi connectivity index (χ4n) is 2.40. The summed E-state index contributed by atoms with van der Waals surface area (Å²) in [7, 11) is 0. The predicted molar refractivity (Wildman–Crippen MR) is 86.9 cm³/mol. The number of aromatic nitrogens is 2. The molecule has 5 nitrogen and oxygen atoms in total. The first kappa shape index (κ1) is 17.7. The van der Waals surface area contributed by atoms with Crippen LogP contribution in [0.3, 0.4) is 0 Å². The predicted octanol–water partition coefficient (Wildman–Crippen LogP) is 1.98. The van der Waals surface area contributed by atoms with Gasteiger partial charge in [0.1, 0.15) is 0 Å². The highest BCUT2D eigenvalue weighted by Crippen LogP contribution is 2.02. The van der Waals surface area contributed by atoms with Gasteiger partial charge in [0.25, 0.3) is 5.56 Å². The van der Waals surface area contributed by atoms with Crippen molar-refractivity contribution in [3.8, 4) is 0 Å². The maximum absolute atomic E-state index is 12.2. The molecule has 1 heterocycles. The third kappa shape index (κ3) is 5.87. The summed E-state index contributed by atoms with van der Waals surface area (Å²) in [5.41, 5.74) is -0.419. The Morgan fingerprint density at radius 1 is 1.14 bits per heavy atom. The average Bonchev–Trinajstić information content (AvgIpc) is 2.46. The van der Waals surface area contributed by atoms with E-state index in [1.165, 1.54) is 29.9 Å². The van der Waals surface area contributed by atoms with Crippen molar-refractivity contribution in [3.05, 3.63) is 33.1 Å². The van der Waals surface area contributed by atoms with Crippen molar-refractivity contribution < 1.29 is 0 Å². The number of aryl methyl sites for hydroxylation is 1. The van der Waals surface area contributed by atoms with Gasteiger partial charge in [-0.2, -0.15) is 0 Å². The number of unbranched alkanes of at least 4 members (excludes halogenated alkanes) is 2. The second-order valence-electron chi connectivity index (χ2n) is 5.63. The van der Waals surface area contributed by atoms with Crippen LogP contribution in [-0.2, 0) is 13.1 Å². The van der Waals surface area contributed by atoms with Crippen molar-refractivity contribution in [2.45, 2.75) is 72.0 Å². The smallest absolute Gasteiger partial charge is 0.312 e. The summed E-state index contributed by atoms with van der Waals surface area (Å²) < 4.78 is 2.92. The lowest BCUT2D eigenvalue weighted by atomic mass is 10.1. The summed E-state index contributed by atoms with van der Waals surface area (Å²) in [4.78, 5) is 24.0. The Kier molecular flexibility index (Phi) is 8.05. The molecule has 5 heteroatoms. The van der Waals surface area contributed by atoms with Crippen LogP contribution in [0.5, 0.6) is 0 Å². The molecule has 0 aliphatic rings. The second-order valence-corrected chi connectivity index (χ2v) is 5.63. The first-order valence-electron chi connectivity index (χ1n) is 8.13. The third-order valence-electron chi connectivity index (χ3n) is 3.67. The maximum Gasteiger partial charge on any atom is 0.331 e. The van der Waals surface area contributed by atoms with Crippen LogP contribution in [-0.4, -0.2) is 21.7 Å². The lowest BCUT2D eigenvalue weighted by molar-refractivity contribution is 0.455. The van der Waals surface area contributed by atoms with Gasteiger partial charge < -0.3 is 9.88 Å². The Morgan fingerprint density at radius 3 is 2.57 bits per heavy atom. The number of rotatable bonds is 10. The lowest BCUT2D eigenvalue weighted by Gasteiger charge is -2.14. The van der Waals surface area contributed by atoms with Crippen LogP contribution in [0.4, 0.5) is 0 Å². The molecule has 1 unspecified atom stereocenters. The van der Waals surface area contributed by atoms with E-state index in [1.807, 2.05) is 6.92 Å². The standard InChI is InChI=1S/C16H29N3O2/c1-4-6-7-8-14(3)17-10-13-19-15(20)9-12-18(11-5-2)16(19)21/h9,12,14,17H,4-8,10-11,13H2,1-3H3. The van der Waals surface area contributed by atoms with Crippen molar-refractivity contribution in [3.63, 3.8) is 0 Å². The highest BCUT2D eigenvalue weighted by Gasteiger charge is 2.06. The Hall–Kier alpha value is -1.36. The van der Waals surface area contributed by atoms with Crippen molar-refractivity contribution in [2.24, 2.45) is 0 Å². The van der Waals surface area contributed by atoms with E-state index in [1.54, 1.807) is 10.8 Å². The van der Waals surface area contributed by atoms with Crippen LogP contribution < -0.4 is 16.6 Å². The fourth-order valence-corrected chi connectivity index (χ4v) is 2.40. The summed E-state index contributed by atoms with van der Waals surface area (Å²) in [6, 6.07) is 1.90. The molecule has 1 aromatic rings. The molecule has 1 aromatic heterocycles. The van der Waals surface area contributed by atoms with Crippen LogP contribution in [0.2, 0.25) is 0 Å². The number of hydrogen-bond acceptors (Lipinski definition) is 3. The van der Waals surface area contributed by atoms with Gasteiger partial charge in [0.15, 0.2) is 0 Å². The Morgan fingerprint density at radius 2 is 1.90 bits per heavy atom. The zero-order valence-electron chi connectivity index (χ0n) is 13.6. The summed E-state index contributed by atoms with van der Waals surface area (Å²) in [5.74, 6) is 0.